The van der Waals surface area contributed by atoms with Crippen molar-refractivity contribution in [3.8, 4) is 6.07 Å². The standard InChI is InChI=1S/C10H6FN5O/c11-8-2-1-6(4-13-8)10(17)15-9-7(3-12)5-14-16-9/h1-2,4-5H,(H2,14,15,16,17). The number of nitrogens with one attached hydrogen (secondary N) is 2. The highest BCUT2D eigenvalue weighted by Crippen LogP contribution is 2.10. The summed E-state index contributed by atoms with van der Waals surface area (Å²) in [6, 6.07) is 4.23. The van der Waals surface area contributed by atoms with Gasteiger partial charge in [0.25, 0.3) is 5.91 Å². The second-order valence-electron chi connectivity index (χ2n) is 3.09. The van der Waals surface area contributed by atoms with Gasteiger partial charge in [0.15, 0.2) is 0 Å². The van der Waals surface area contributed by atoms with Crippen LogP contribution in [0.25, 0.3) is 0 Å². The molecule has 2 rings (SSSR count). The van der Waals surface area contributed by atoms with Crippen molar-refractivity contribution in [3.05, 3.63) is 41.6 Å². The molecule has 2 aromatic rings. The molecule has 0 fully saturated rings. The van der Waals surface area contributed by atoms with Crippen LogP contribution in [0.4, 0.5) is 10.2 Å². The van der Waals surface area contributed by atoms with Crippen molar-refractivity contribution < 1.29 is 9.18 Å². The van der Waals surface area contributed by atoms with Gasteiger partial charge in [0.2, 0.25) is 5.95 Å². The van der Waals surface area contributed by atoms with E-state index in [2.05, 4.69) is 20.5 Å². The number of carbonyl (C=O) groups is 1. The number of amides is 1. The van der Waals surface area contributed by atoms with Gasteiger partial charge in [-0.05, 0) is 12.1 Å². The largest absolute Gasteiger partial charge is 0.306 e. The molecule has 0 atom stereocenters. The summed E-state index contributed by atoms with van der Waals surface area (Å²) in [7, 11) is 0. The first-order valence-electron chi connectivity index (χ1n) is 4.57. The summed E-state index contributed by atoms with van der Waals surface area (Å²) in [6.07, 6.45) is 2.39. The van der Waals surface area contributed by atoms with Crippen molar-refractivity contribution >= 4 is 11.7 Å². The van der Waals surface area contributed by atoms with E-state index in [0.29, 0.717) is 0 Å². The zero-order valence-corrected chi connectivity index (χ0v) is 8.44. The first-order chi connectivity index (χ1) is 8.20. The molecular formula is C10H6FN5O. The molecular weight excluding hydrogens is 225 g/mol. The molecule has 1 amide bonds. The smallest absolute Gasteiger partial charge is 0.258 e. The van der Waals surface area contributed by atoms with Crippen LogP contribution in [0.15, 0.2) is 24.5 Å². The number of aromatic amines is 1. The van der Waals surface area contributed by atoms with Crippen LogP contribution < -0.4 is 5.32 Å². The number of aromatic nitrogens is 3. The lowest BCUT2D eigenvalue weighted by molar-refractivity contribution is 0.102. The van der Waals surface area contributed by atoms with Crippen LogP contribution >= 0.6 is 0 Å². The molecule has 0 aliphatic heterocycles. The molecule has 0 aromatic carbocycles. The molecule has 0 saturated carbocycles. The Morgan fingerprint density at radius 3 is 2.94 bits per heavy atom. The normalized spacial score (nSPS) is 9.65. The molecule has 84 valence electrons. The summed E-state index contributed by atoms with van der Waals surface area (Å²) >= 11 is 0. The van der Waals surface area contributed by atoms with Crippen LogP contribution in [0.1, 0.15) is 15.9 Å². The van der Waals surface area contributed by atoms with Crippen molar-refractivity contribution in [2.45, 2.75) is 0 Å². The lowest BCUT2D eigenvalue weighted by atomic mass is 10.2. The second kappa shape index (κ2) is 4.40. The van der Waals surface area contributed by atoms with Crippen molar-refractivity contribution in [1.29, 1.82) is 5.26 Å². The number of nitriles is 1. The minimum atomic E-state index is -0.666. The first kappa shape index (κ1) is 10.8. The van der Waals surface area contributed by atoms with Crippen molar-refractivity contribution in [2.24, 2.45) is 0 Å². The van der Waals surface area contributed by atoms with E-state index in [4.69, 9.17) is 5.26 Å². The molecule has 6 nitrogen and oxygen atoms in total. The van der Waals surface area contributed by atoms with E-state index < -0.39 is 11.9 Å². The lowest BCUT2D eigenvalue weighted by Gasteiger charge is -2.02. The number of nitrogens with zero attached hydrogens (tertiary/aromatic N) is 3. The third-order valence-corrected chi connectivity index (χ3v) is 1.99. The molecule has 17 heavy (non-hydrogen) atoms. The van der Waals surface area contributed by atoms with Gasteiger partial charge in [0.1, 0.15) is 17.5 Å². The third-order valence-electron chi connectivity index (χ3n) is 1.99. The van der Waals surface area contributed by atoms with Gasteiger partial charge in [-0.25, -0.2) is 4.98 Å². The van der Waals surface area contributed by atoms with Gasteiger partial charge >= 0.3 is 0 Å². The summed E-state index contributed by atoms with van der Waals surface area (Å²) < 4.78 is 12.5. The van der Waals surface area contributed by atoms with Crippen molar-refractivity contribution in [1.82, 2.24) is 15.2 Å². The van der Waals surface area contributed by atoms with E-state index in [1.54, 1.807) is 0 Å². The number of rotatable bonds is 2. The fraction of sp³-hybridized carbons (Fsp3) is 0. The van der Waals surface area contributed by atoms with Gasteiger partial charge in [0, 0.05) is 6.20 Å². The number of hydrogen-bond donors (Lipinski definition) is 2. The summed E-state index contributed by atoms with van der Waals surface area (Å²) in [6.45, 7) is 0. The second-order valence-corrected chi connectivity index (χ2v) is 3.09. The lowest BCUT2D eigenvalue weighted by Crippen LogP contribution is -2.13. The molecule has 2 heterocycles. The topological polar surface area (TPSA) is 94.5 Å². The highest BCUT2D eigenvalue weighted by Gasteiger charge is 2.10. The highest BCUT2D eigenvalue weighted by atomic mass is 19.1. The summed E-state index contributed by atoms with van der Waals surface area (Å²) in [5.41, 5.74) is 0.401. The number of halogens is 1. The molecule has 2 aromatic heterocycles. The molecule has 0 aliphatic carbocycles. The Bertz CT molecular complexity index is 583. The SMILES string of the molecule is N#Cc1cn[nH]c1NC(=O)c1ccc(F)nc1. The molecule has 0 spiro atoms. The van der Waals surface area contributed by atoms with Gasteiger partial charge in [-0.3, -0.25) is 9.89 Å². The van der Waals surface area contributed by atoms with E-state index >= 15 is 0 Å². The Balaban J connectivity index is 2.18. The maximum absolute atomic E-state index is 12.5. The minimum Gasteiger partial charge on any atom is -0.306 e. The first-order valence-corrected chi connectivity index (χ1v) is 4.57. The molecule has 0 saturated heterocycles. The predicted molar refractivity (Wildman–Crippen MR) is 55.5 cm³/mol. The molecule has 0 bridgehead atoms. The van der Waals surface area contributed by atoms with E-state index in [9.17, 15) is 9.18 Å². The average molecular weight is 231 g/mol. The van der Waals surface area contributed by atoms with E-state index in [1.807, 2.05) is 6.07 Å². The molecule has 0 radical (unpaired) electrons. The number of pyridine rings is 1. The summed E-state index contributed by atoms with van der Waals surface area (Å²) in [5, 5.41) is 17.2. The van der Waals surface area contributed by atoms with E-state index in [0.717, 1.165) is 12.3 Å². The van der Waals surface area contributed by atoms with Gasteiger partial charge < -0.3 is 5.32 Å². The Hall–Kier alpha value is -2.75. The van der Waals surface area contributed by atoms with Crippen LogP contribution in [-0.2, 0) is 0 Å². The zero-order chi connectivity index (χ0) is 12.3. The Kier molecular flexibility index (Phi) is 2.79. The Labute approximate surface area is 95.1 Å². The number of hydrogen-bond acceptors (Lipinski definition) is 4. The Morgan fingerprint density at radius 1 is 1.47 bits per heavy atom. The summed E-state index contributed by atoms with van der Waals surface area (Å²) in [4.78, 5) is 15.0. The maximum Gasteiger partial charge on any atom is 0.258 e. The molecule has 2 N–H and O–H groups in total. The molecule has 0 aliphatic rings. The molecule has 0 unspecified atom stereocenters. The quantitative estimate of drug-likeness (QED) is 0.755. The van der Waals surface area contributed by atoms with Gasteiger partial charge in [-0.15, -0.1) is 0 Å². The van der Waals surface area contributed by atoms with Gasteiger partial charge in [0.05, 0.1) is 11.8 Å². The van der Waals surface area contributed by atoms with Crippen LogP contribution in [0, 0.1) is 17.3 Å². The number of anilines is 1. The van der Waals surface area contributed by atoms with Crippen LogP contribution in [0.5, 0.6) is 0 Å². The minimum absolute atomic E-state index is 0.185. The highest BCUT2D eigenvalue weighted by molar-refractivity contribution is 6.04. The van der Waals surface area contributed by atoms with E-state index in [1.165, 1.54) is 12.3 Å². The number of carbonyl (C=O) groups excluding carboxylic acids is 1. The fourth-order valence-electron chi connectivity index (χ4n) is 1.16. The fourth-order valence-corrected chi connectivity index (χ4v) is 1.16. The average Bonchev–Trinajstić information content (AvgIpc) is 2.77. The van der Waals surface area contributed by atoms with Crippen molar-refractivity contribution in [2.75, 3.05) is 5.32 Å². The van der Waals surface area contributed by atoms with E-state index in [-0.39, 0.29) is 16.9 Å². The predicted octanol–water partition coefficient (Wildman–Crippen LogP) is 1.07. The number of H-pyrrole nitrogens is 1. The third kappa shape index (κ3) is 2.26. The summed E-state index contributed by atoms with van der Waals surface area (Å²) in [5.74, 6) is -0.971. The van der Waals surface area contributed by atoms with Crippen LogP contribution in [-0.4, -0.2) is 21.1 Å². The monoisotopic (exact) mass is 231 g/mol. The Morgan fingerprint density at radius 2 is 2.29 bits per heavy atom. The maximum atomic E-state index is 12.5. The van der Waals surface area contributed by atoms with Gasteiger partial charge in [-0.1, -0.05) is 0 Å². The van der Waals surface area contributed by atoms with Crippen molar-refractivity contribution in [3.63, 3.8) is 0 Å². The van der Waals surface area contributed by atoms with Crippen LogP contribution in [0.3, 0.4) is 0 Å². The van der Waals surface area contributed by atoms with Crippen LogP contribution in [0.2, 0.25) is 0 Å². The molecule has 7 heteroatoms. The zero-order valence-electron chi connectivity index (χ0n) is 8.44. The van der Waals surface area contributed by atoms with Gasteiger partial charge in [-0.2, -0.15) is 14.8 Å².